The molecule has 0 bridgehead atoms. The predicted molar refractivity (Wildman–Crippen MR) is 68.6 cm³/mol. The summed E-state index contributed by atoms with van der Waals surface area (Å²) >= 11 is 1.29. The SMILES string of the molecule is Cc1sc(C(=O)O)cc1CN(C)C(C)(C)CO. The molecule has 0 amide bonds. The predicted octanol–water partition coefficient (Wildman–Crippen LogP) is 1.96. The molecular weight excluding hydrogens is 238 g/mol. The van der Waals surface area contributed by atoms with Crippen LogP contribution in [0.2, 0.25) is 0 Å². The molecule has 0 radical (unpaired) electrons. The number of aliphatic hydroxyl groups excluding tert-OH is 1. The fourth-order valence-electron chi connectivity index (χ4n) is 1.37. The monoisotopic (exact) mass is 257 g/mol. The Labute approximate surface area is 106 Å². The molecule has 5 heteroatoms. The zero-order chi connectivity index (χ0) is 13.2. The summed E-state index contributed by atoms with van der Waals surface area (Å²) in [5, 5.41) is 18.2. The number of aryl methyl sites for hydroxylation is 1. The van der Waals surface area contributed by atoms with Crippen LogP contribution >= 0.6 is 11.3 Å². The number of aromatic carboxylic acids is 1. The number of rotatable bonds is 5. The molecule has 17 heavy (non-hydrogen) atoms. The van der Waals surface area contributed by atoms with Crippen molar-refractivity contribution in [2.75, 3.05) is 13.7 Å². The van der Waals surface area contributed by atoms with Gasteiger partial charge in [-0.3, -0.25) is 4.90 Å². The van der Waals surface area contributed by atoms with E-state index in [1.807, 2.05) is 32.7 Å². The van der Waals surface area contributed by atoms with Gasteiger partial charge < -0.3 is 10.2 Å². The lowest BCUT2D eigenvalue weighted by Gasteiger charge is -2.33. The van der Waals surface area contributed by atoms with Crippen LogP contribution in [-0.2, 0) is 6.54 Å². The molecule has 0 saturated carbocycles. The van der Waals surface area contributed by atoms with Crippen LogP contribution in [0.15, 0.2) is 6.07 Å². The second-order valence-electron chi connectivity index (χ2n) is 4.82. The van der Waals surface area contributed by atoms with E-state index in [9.17, 15) is 9.90 Å². The highest BCUT2D eigenvalue weighted by Gasteiger charge is 2.23. The Bertz CT molecular complexity index is 412. The zero-order valence-corrected chi connectivity index (χ0v) is 11.5. The van der Waals surface area contributed by atoms with Crippen LogP contribution in [0.4, 0.5) is 0 Å². The van der Waals surface area contributed by atoms with Crippen molar-refractivity contribution in [1.82, 2.24) is 4.90 Å². The highest BCUT2D eigenvalue weighted by atomic mass is 32.1. The Morgan fingerprint density at radius 2 is 2.12 bits per heavy atom. The van der Waals surface area contributed by atoms with Crippen LogP contribution in [0.1, 0.15) is 34.0 Å². The van der Waals surface area contributed by atoms with E-state index in [0.29, 0.717) is 11.4 Å². The van der Waals surface area contributed by atoms with Crippen molar-refractivity contribution in [3.05, 3.63) is 21.4 Å². The first-order valence-corrected chi connectivity index (χ1v) is 6.24. The van der Waals surface area contributed by atoms with E-state index in [1.54, 1.807) is 6.07 Å². The summed E-state index contributed by atoms with van der Waals surface area (Å²) in [5.41, 5.74) is 0.703. The van der Waals surface area contributed by atoms with Gasteiger partial charge >= 0.3 is 5.97 Å². The Kier molecular flexibility index (Phi) is 4.30. The normalized spacial score (nSPS) is 12.1. The van der Waals surface area contributed by atoms with Crippen LogP contribution in [0, 0.1) is 6.92 Å². The van der Waals surface area contributed by atoms with Gasteiger partial charge in [0.1, 0.15) is 4.88 Å². The third kappa shape index (κ3) is 3.28. The molecule has 1 heterocycles. The molecule has 0 spiro atoms. The van der Waals surface area contributed by atoms with Gasteiger partial charge in [0.2, 0.25) is 0 Å². The minimum Gasteiger partial charge on any atom is -0.477 e. The maximum Gasteiger partial charge on any atom is 0.345 e. The van der Waals surface area contributed by atoms with E-state index < -0.39 is 5.97 Å². The van der Waals surface area contributed by atoms with Gasteiger partial charge in [-0.25, -0.2) is 4.79 Å². The van der Waals surface area contributed by atoms with Gasteiger partial charge in [0.05, 0.1) is 6.61 Å². The number of thiophene rings is 1. The van der Waals surface area contributed by atoms with Crippen LogP contribution in [0.3, 0.4) is 0 Å². The smallest absolute Gasteiger partial charge is 0.345 e. The summed E-state index contributed by atoms with van der Waals surface area (Å²) in [7, 11) is 1.92. The maximum atomic E-state index is 10.9. The molecule has 0 aliphatic heterocycles. The molecule has 0 atom stereocenters. The van der Waals surface area contributed by atoms with Crippen LogP contribution in [-0.4, -0.2) is 40.3 Å². The summed E-state index contributed by atoms with van der Waals surface area (Å²) in [5.74, 6) is -0.881. The number of carboxylic acids is 1. The topological polar surface area (TPSA) is 60.8 Å². The van der Waals surface area contributed by atoms with Crippen LogP contribution < -0.4 is 0 Å². The molecule has 0 unspecified atom stereocenters. The molecule has 0 aliphatic rings. The first-order chi connectivity index (χ1) is 7.77. The maximum absolute atomic E-state index is 10.9. The van der Waals surface area contributed by atoms with Crippen LogP contribution in [0.5, 0.6) is 0 Å². The minimum atomic E-state index is -0.881. The molecule has 0 saturated heterocycles. The fourth-order valence-corrected chi connectivity index (χ4v) is 2.25. The van der Waals surface area contributed by atoms with Gasteiger partial charge in [-0.05, 0) is 39.4 Å². The number of aliphatic hydroxyl groups is 1. The zero-order valence-electron chi connectivity index (χ0n) is 10.6. The number of carbonyl (C=O) groups is 1. The minimum absolute atomic E-state index is 0.0679. The van der Waals surface area contributed by atoms with E-state index in [4.69, 9.17) is 5.11 Å². The molecule has 0 aromatic carbocycles. The highest BCUT2D eigenvalue weighted by molar-refractivity contribution is 7.14. The molecule has 0 fully saturated rings. The van der Waals surface area contributed by atoms with Gasteiger partial charge in [0.25, 0.3) is 0 Å². The van der Waals surface area contributed by atoms with Crippen LogP contribution in [0.25, 0.3) is 0 Å². The number of carboxylic acid groups (broad SMARTS) is 1. The molecule has 4 nitrogen and oxygen atoms in total. The van der Waals surface area contributed by atoms with E-state index in [0.717, 1.165) is 10.4 Å². The largest absolute Gasteiger partial charge is 0.477 e. The first kappa shape index (κ1) is 14.2. The average Bonchev–Trinajstić information content (AvgIpc) is 2.60. The molecule has 1 rings (SSSR count). The Hall–Kier alpha value is -0.910. The molecule has 96 valence electrons. The third-order valence-corrected chi connectivity index (χ3v) is 4.14. The first-order valence-electron chi connectivity index (χ1n) is 5.42. The fraction of sp³-hybridized carbons (Fsp3) is 0.583. The van der Waals surface area contributed by atoms with Crippen molar-refractivity contribution < 1.29 is 15.0 Å². The second kappa shape index (κ2) is 5.16. The second-order valence-corrected chi connectivity index (χ2v) is 6.08. The molecule has 1 aromatic heterocycles. The lowest BCUT2D eigenvalue weighted by molar-refractivity contribution is 0.0699. The van der Waals surface area contributed by atoms with Gasteiger partial charge in [-0.2, -0.15) is 0 Å². The number of nitrogens with zero attached hydrogens (tertiary/aromatic N) is 1. The Balaban J connectivity index is 2.85. The number of likely N-dealkylation sites (N-methyl/N-ethyl adjacent to an activating group) is 1. The van der Waals surface area contributed by atoms with E-state index >= 15 is 0 Å². The summed E-state index contributed by atoms with van der Waals surface area (Å²) in [6, 6.07) is 1.71. The van der Waals surface area contributed by atoms with Crippen molar-refractivity contribution in [2.24, 2.45) is 0 Å². The molecule has 2 N–H and O–H groups in total. The van der Waals surface area contributed by atoms with E-state index in [2.05, 4.69) is 0 Å². The lowest BCUT2D eigenvalue weighted by atomic mass is 10.0. The van der Waals surface area contributed by atoms with E-state index in [1.165, 1.54) is 11.3 Å². The Morgan fingerprint density at radius 1 is 1.53 bits per heavy atom. The lowest BCUT2D eigenvalue weighted by Crippen LogP contribution is -2.43. The standard InChI is InChI=1S/C12H19NO3S/c1-8-9(5-10(17-8)11(15)16)6-13(4)12(2,3)7-14/h5,14H,6-7H2,1-4H3,(H,15,16). The third-order valence-electron chi connectivity index (χ3n) is 3.06. The van der Waals surface area contributed by atoms with Gasteiger partial charge in [-0.1, -0.05) is 0 Å². The van der Waals surface area contributed by atoms with Gasteiger partial charge in [0, 0.05) is 17.0 Å². The van der Waals surface area contributed by atoms with Gasteiger partial charge in [0.15, 0.2) is 0 Å². The summed E-state index contributed by atoms with van der Waals surface area (Å²) in [4.78, 5) is 14.3. The molecule has 0 aliphatic carbocycles. The quantitative estimate of drug-likeness (QED) is 0.846. The molecular formula is C12H19NO3S. The van der Waals surface area contributed by atoms with Crippen molar-refractivity contribution in [3.63, 3.8) is 0 Å². The van der Waals surface area contributed by atoms with Gasteiger partial charge in [-0.15, -0.1) is 11.3 Å². The van der Waals surface area contributed by atoms with E-state index in [-0.39, 0.29) is 12.1 Å². The van der Waals surface area contributed by atoms with Crippen molar-refractivity contribution in [1.29, 1.82) is 0 Å². The van der Waals surface area contributed by atoms with Crippen molar-refractivity contribution in [2.45, 2.75) is 32.9 Å². The summed E-state index contributed by atoms with van der Waals surface area (Å²) in [6.07, 6.45) is 0. The van der Waals surface area contributed by atoms with Crippen molar-refractivity contribution >= 4 is 17.3 Å². The highest BCUT2D eigenvalue weighted by Crippen LogP contribution is 2.24. The Morgan fingerprint density at radius 3 is 2.53 bits per heavy atom. The molecule has 1 aromatic rings. The van der Waals surface area contributed by atoms with Crippen molar-refractivity contribution in [3.8, 4) is 0 Å². The summed E-state index contributed by atoms with van der Waals surface area (Å²) in [6.45, 7) is 6.54. The number of hydrogen-bond acceptors (Lipinski definition) is 4. The average molecular weight is 257 g/mol. The summed E-state index contributed by atoms with van der Waals surface area (Å²) < 4.78 is 0. The number of hydrogen-bond donors (Lipinski definition) is 2.